The molecule has 1 N–H and O–H groups in total. The minimum absolute atomic E-state index is 0.0954. The molecule has 5 nitrogen and oxygen atoms in total. The molecule has 0 aromatic carbocycles. The molecule has 1 saturated heterocycles. The van der Waals surface area contributed by atoms with Gasteiger partial charge >= 0.3 is 0 Å². The van der Waals surface area contributed by atoms with Crippen LogP contribution in [0.4, 0.5) is 5.82 Å². The standard InChI is InChI=1S/C13H22N4O/c1-13(2,3)16-9-11-8-14-10-15-12(11)17-4-6-18-7-5-17/h8,10,16H,4-7,9H2,1-3H3. The van der Waals surface area contributed by atoms with Gasteiger partial charge in [-0.05, 0) is 20.8 Å². The predicted molar refractivity (Wildman–Crippen MR) is 71.7 cm³/mol. The maximum atomic E-state index is 5.37. The first-order valence-electron chi connectivity index (χ1n) is 6.43. The van der Waals surface area contributed by atoms with Crippen LogP contribution in [0.3, 0.4) is 0 Å². The maximum absolute atomic E-state index is 5.37. The number of hydrogen-bond donors (Lipinski definition) is 1. The van der Waals surface area contributed by atoms with Crippen molar-refractivity contribution in [3.63, 3.8) is 0 Å². The molecule has 5 heteroatoms. The monoisotopic (exact) mass is 250 g/mol. The van der Waals surface area contributed by atoms with E-state index in [1.807, 2.05) is 6.20 Å². The molecule has 0 spiro atoms. The molecular formula is C13H22N4O. The van der Waals surface area contributed by atoms with Crippen LogP contribution in [-0.2, 0) is 11.3 Å². The van der Waals surface area contributed by atoms with Gasteiger partial charge in [0.05, 0.1) is 13.2 Å². The number of morpholine rings is 1. The van der Waals surface area contributed by atoms with Crippen molar-refractivity contribution in [3.05, 3.63) is 18.1 Å². The molecule has 1 aromatic heterocycles. The molecule has 100 valence electrons. The zero-order valence-corrected chi connectivity index (χ0v) is 11.4. The van der Waals surface area contributed by atoms with E-state index in [-0.39, 0.29) is 5.54 Å². The number of anilines is 1. The Labute approximate surface area is 109 Å². The molecule has 0 aliphatic carbocycles. The van der Waals surface area contributed by atoms with E-state index in [1.165, 1.54) is 0 Å². The summed E-state index contributed by atoms with van der Waals surface area (Å²) in [6, 6.07) is 0. The van der Waals surface area contributed by atoms with Crippen LogP contribution in [0.15, 0.2) is 12.5 Å². The van der Waals surface area contributed by atoms with Crippen molar-refractivity contribution in [2.24, 2.45) is 0 Å². The fourth-order valence-electron chi connectivity index (χ4n) is 1.90. The molecule has 2 heterocycles. The van der Waals surface area contributed by atoms with Crippen molar-refractivity contribution in [1.29, 1.82) is 0 Å². The molecule has 0 unspecified atom stereocenters. The van der Waals surface area contributed by atoms with E-state index in [4.69, 9.17) is 4.74 Å². The van der Waals surface area contributed by atoms with Crippen LogP contribution in [0.2, 0.25) is 0 Å². The SMILES string of the molecule is CC(C)(C)NCc1cncnc1N1CCOCC1. The molecule has 1 aromatic rings. The molecular weight excluding hydrogens is 228 g/mol. The fraction of sp³-hybridized carbons (Fsp3) is 0.692. The summed E-state index contributed by atoms with van der Waals surface area (Å²) in [5.41, 5.74) is 1.24. The Morgan fingerprint density at radius 1 is 1.33 bits per heavy atom. The average molecular weight is 250 g/mol. The van der Waals surface area contributed by atoms with Crippen LogP contribution in [0.25, 0.3) is 0 Å². The summed E-state index contributed by atoms with van der Waals surface area (Å²) >= 11 is 0. The highest BCUT2D eigenvalue weighted by Gasteiger charge is 2.17. The lowest BCUT2D eigenvalue weighted by atomic mass is 10.1. The second-order valence-electron chi connectivity index (χ2n) is 5.57. The summed E-state index contributed by atoms with van der Waals surface area (Å²) in [5, 5.41) is 3.48. The van der Waals surface area contributed by atoms with Crippen LogP contribution >= 0.6 is 0 Å². The lowest BCUT2D eigenvalue weighted by molar-refractivity contribution is 0.122. The number of rotatable bonds is 3. The highest BCUT2D eigenvalue weighted by molar-refractivity contribution is 5.45. The van der Waals surface area contributed by atoms with Crippen LogP contribution in [0.5, 0.6) is 0 Å². The Morgan fingerprint density at radius 2 is 2.06 bits per heavy atom. The Kier molecular flexibility index (Phi) is 4.14. The second-order valence-corrected chi connectivity index (χ2v) is 5.57. The highest BCUT2D eigenvalue weighted by Crippen LogP contribution is 2.18. The Bertz CT molecular complexity index is 383. The largest absolute Gasteiger partial charge is 0.378 e. The molecule has 0 atom stereocenters. The van der Waals surface area contributed by atoms with Crippen LogP contribution in [0, 0.1) is 0 Å². The molecule has 1 aliphatic rings. The fourth-order valence-corrected chi connectivity index (χ4v) is 1.90. The second kappa shape index (κ2) is 5.63. The smallest absolute Gasteiger partial charge is 0.136 e. The van der Waals surface area contributed by atoms with Gasteiger partial charge in [-0.25, -0.2) is 9.97 Å². The van der Waals surface area contributed by atoms with E-state index in [0.29, 0.717) is 0 Å². The van der Waals surface area contributed by atoms with E-state index >= 15 is 0 Å². The van der Waals surface area contributed by atoms with Crippen molar-refractivity contribution < 1.29 is 4.74 Å². The minimum atomic E-state index is 0.0954. The molecule has 2 rings (SSSR count). The molecule has 18 heavy (non-hydrogen) atoms. The van der Waals surface area contributed by atoms with Gasteiger partial charge in [0.15, 0.2) is 0 Å². The van der Waals surface area contributed by atoms with Crippen molar-refractivity contribution in [3.8, 4) is 0 Å². The van der Waals surface area contributed by atoms with Gasteiger partial charge in [-0.1, -0.05) is 0 Å². The third-order valence-electron chi connectivity index (χ3n) is 2.88. The van der Waals surface area contributed by atoms with Gasteiger partial charge in [0.2, 0.25) is 0 Å². The van der Waals surface area contributed by atoms with Crippen molar-refractivity contribution >= 4 is 5.82 Å². The third-order valence-corrected chi connectivity index (χ3v) is 2.88. The lowest BCUT2D eigenvalue weighted by Crippen LogP contribution is -2.39. The Hall–Kier alpha value is -1.20. The zero-order valence-electron chi connectivity index (χ0n) is 11.4. The molecule has 0 saturated carbocycles. The maximum Gasteiger partial charge on any atom is 0.136 e. The summed E-state index contributed by atoms with van der Waals surface area (Å²) in [4.78, 5) is 10.8. The van der Waals surface area contributed by atoms with E-state index in [1.54, 1.807) is 6.33 Å². The Morgan fingerprint density at radius 3 is 2.72 bits per heavy atom. The zero-order chi connectivity index (χ0) is 13.0. The summed E-state index contributed by atoms with van der Waals surface area (Å²) < 4.78 is 5.37. The number of nitrogens with zero attached hydrogens (tertiary/aromatic N) is 3. The van der Waals surface area contributed by atoms with Gasteiger partial charge in [0, 0.05) is 36.9 Å². The van der Waals surface area contributed by atoms with Gasteiger partial charge in [0.25, 0.3) is 0 Å². The normalized spacial score (nSPS) is 16.9. The van der Waals surface area contributed by atoms with E-state index in [9.17, 15) is 0 Å². The van der Waals surface area contributed by atoms with Gasteiger partial charge in [-0.15, -0.1) is 0 Å². The number of ether oxygens (including phenoxy) is 1. The summed E-state index contributed by atoms with van der Waals surface area (Å²) in [5.74, 6) is 1.03. The van der Waals surface area contributed by atoms with Gasteiger partial charge in [0.1, 0.15) is 12.1 Å². The summed E-state index contributed by atoms with van der Waals surface area (Å²) in [6.45, 7) is 10.6. The van der Waals surface area contributed by atoms with Gasteiger partial charge in [-0.2, -0.15) is 0 Å². The summed E-state index contributed by atoms with van der Waals surface area (Å²) in [7, 11) is 0. The van der Waals surface area contributed by atoms with E-state index < -0.39 is 0 Å². The highest BCUT2D eigenvalue weighted by atomic mass is 16.5. The molecule has 1 aliphatic heterocycles. The average Bonchev–Trinajstić information content (AvgIpc) is 2.37. The topological polar surface area (TPSA) is 50.3 Å². The first-order valence-corrected chi connectivity index (χ1v) is 6.43. The number of hydrogen-bond acceptors (Lipinski definition) is 5. The molecule has 0 radical (unpaired) electrons. The lowest BCUT2D eigenvalue weighted by Gasteiger charge is -2.30. The van der Waals surface area contributed by atoms with E-state index in [0.717, 1.165) is 44.2 Å². The minimum Gasteiger partial charge on any atom is -0.378 e. The summed E-state index contributed by atoms with van der Waals surface area (Å²) in [6.07, 6.45) is 3.52. The number of aromatic nitrogens is 2. The predicted octanol–water partition coefficient (Wildman–Crippen LogP) is 1.20. The van der Waals surface area contributed by atoms with Crippen molar-refractivity contribution in [2.45, 2.75) is 32.9 Å². The Balaban J connectivity index is 2.09. The molecule has 0 amide bonds. The van der Waals surface area contributed by atoms with Gasteiger partial charge in [-0.3, -0.25) is 0 Å². The van der Waals surface area contributed by atoms with Crippen LogP contribution in [-0.4, -0.2) is 41.8 Å². The van der Waals surface area contributed by atoms with Crippen LogP contribution < -0.4 is 10.2 Å². The number of nitrogens with one attached hydrogen (secondary N) is 1. The van der Waals surface area contributed by atoms with Gasteiger partial charge < -0.3 is 15.0 Å². The quantitative estimate of drug-likeness (QED) is 0.873. The van der Waals surface area contributed by atoms with Crippen molar-refractivity contribution in [2.75, 3.05) is 31.2 Å². The van der Waals surface area contributed by atoms with Crippen LogP contribution in [0.1, 0.15) is 26.3 Å². The van der Waals surface area contributed by atoms with E-state index in [2.05, 4.69) is 41.0 Å². The first-order chi connectivity index (χ1) is 8.56. The molecule has 1 fully saturated rings. The molecule has 0 bridgehead atoms. The third kappa shape index (κ3) is 3.65. The van der Waals surface area contributed by atoms with Crippen molar-refractivity contribution in [1.82, 2.24) is 15.3 Å². The first kappa shape index (κ1) is 13.2.